The first-order valence-electron chi connectivity index (χ1n) is 30.0. The molecule has 1 atom stereocenters. The fourth-order valence-corrected chi connectivity index (χ4v) is 16.7. The Hall–Kier alpha value is -5.42. The molecule has 0 bridgehead atoms. The van der Waals surface area contributed by atoms with Crippen molar-refractivity contribution in [3.8, 4) is 57.1 Å². The van der Waals surface area contributed by atoms with E-state index in [0.717, 1.165) is 94.5 Å². The maximum atomic E-state index is 7.90. The van der Waals surface area contributed by atoms with Gasteiger partial charge in [0.15, 0.2) is 23.0 Å². The van der Waals surface area contributed by atoms with Crippen LogP contribution in [0.2, 0.25) is 0 Å². The van der Waals surface area contributed by atoms with Gasteiger partial charge in [-0.3, -0.25) is 0 Å². The third-order valence-corrected chi connectivity index (χ3v) is 21.0. The quantitative estimate of drug-likeness (QED) is 0.119. The molecule has 454 valence electrons. The second-order valence-electron chi connectivity index (χ2n) is 31.4. The minimum atomic E-state index is -1.50. The number of hydrogen-bond donors (Lipinski definition) is 0. The SMILES string of the molecule is COc1c(C(C)(C)C)cc(P(c2cc(C(C)(C)C)c(OC)c(C(C)(C)C)c2)c2ccc3c(c2-c2cccc4c2OCO4)OC(P(c2cc(C(C)(C)C)c(OC)c(C(C)(C)C)c2)c2cc(C(C)(C)C)c(OC)c(C(C)(C)C)c2)O3)cc1C(C)(C)C. The smallest absolute Gasteiger partial charge is 0.266 e. The van der Waals surface area contributed by atoms with Gasteiger partial charge in [0.1, 0.15) is 23.0 Å². The summed E-state index contributed by atoms with van der Waals surface area (Å²) in [5.41, 5.74) is 8.76. The molecule has 6 aromatic rings. The van der Waals surface area contributed by atoms with Gasteiger partial charge in [-0.15, -0.1) is 0 Å². The summed E-state index contributed by atoms with van der Waals surface area (Å²) in [5, 5.41) is 5.75. The number of para-hydroxylation sites is 1. The molecule has 0 amide bonds. The molecule has 8 nitrogen and oxygen atoms in total. The average Bonchev–Trinajstić information content (AvgIpc) is 1.35. The van der Waals surface area contributed by atoms with Crippen LogP contribution in [0.1, 0.15) is 211 Å². The normalized spacial score (nSPS) is 15.1. The maximum Gasteiger partial charge on any atom is 0.266 e. The molecule has 1 unspecified atom stereocenters. The lowest BCUT2D eigenvalue weighted by molar-refractivity contribution is 0.132. The second-order valence-corrected chi connectivity index (χ2v) is 35.8. The highest BCUT2D eigenvalue weighted by molar-refractivity contribution is 7.80. The highest BCUT2D eigenvalue weighted by Gasteiger charge is 2.43. The molecule has 84 heavy (non-hydrogen) atoms. The molecule has 0 saturated heterocycles. The van der Waals surface area contributed by atoms with E-state index in [1.165, 1.54) is 10.6 Å². The van der Waals surface area contributed by atoms with Crippen LogP contribution < -0.4 is 64.4 Å². The standard InChI is InChI=1S/C74H100O8P2/c1-67(2,3)48-34-43(35-49(61(48)75-25)68(4,5)6)83(44-36-50(69(7,8)9)62(76-26)51(37-44)70(10,11)12)58-33-32-57-65(59(58)47-30-29-31-56-60(47)80-42-79-56)82-66(81-57)84(45-38-52(71(13,14)15)63(77-27)53(39-45)72(16,17)18)46-40-54(73(19,20)21)64(78-28)55(41-46)74(22,23)24/h29-41,66H,42H2,1-28H3. The van der Waals surface area contributed by atoms with Crippen molar-refractivity contribution in [3.63, 3.8) is 0 Å². The van der Waals surface area contributed by atoms with Gasteiger partial charge in [0.2, 0.25) is 6.79 Å². The van der Waals surface area contributed by atoms with Gasteiger partial charge in [-0.25, -0.2) is 0 Å². The molecule has 2 aliphatic heterocycles. The minimum Gasteiger partial charge on any atom is -0.496 e. The van der Waals surface area contributed by atoms with Gasteiger partial charge in [0, 0.05) is 63.6 Å². The van der Waals surface area contributed by atoms with Gasteiger partial charge < -0.3 is 37.9 Å². The Morgan fingerprint density at radius 3 is 0.988 bits per heavy atom. The molecule has 0 spiro atoms. The first-order valence-corrected chi connectivity index (χ1v) is 32.7. The van der Waals surface area contributed by atoms with Crippen LogP contribution in [0, 0.1) is 0 Å². The Balaban J connectivity index is 1.55. The molecule has 0 aliphatic carbocycles. The zero-order valence-corrected chi connectivity index (χ0v) is 58.2. The van der Waals surface area contributed by atoms with Crippen LogP contribution in [0.5, 0.6) is 46.0 Å². The molecule has 2 heterocycles. The number of rotatable bonds is 11. The zero-order chi connectivity index (χ0) is 62.6. The highest BCUT2D eigenvalue weighted by Crippen LogP contribution is 2.58. The molecule has 6 aromatic carbocycles. The molecule has 0 saturated carbocycles. The van der Waals surface area contributed by atoms with Crippen LogP contribution in [-0.4, -0.2) is 41.3 Å². The van der Waals surface area contributed by atoms with Crippen molar-refractivity contribution in [3.05, 3.63) is 123 Å². The third kappa shape index (κ3) is 12.4. The Morgan fingerprint density at radius 1 is 0.357 bits per heavy atom. The summed E-state index contributed by atoms with van der Waals surface area (Å²) in [6.45, 7) is 54.9. The van der Waals surface area contributed by atoms with Crippen LogP contribution in [0.3, 0.4) is 0 Å². The monoisotopic (exact) mass is 1180 g/mol. The summed E-state index contributed by atoms with van der Waals surface area (Å²) in [7, 11) is 4.28. The van der Waals surface area contributed by atoms with E-state index in [1.54, 1.807) is 14.2 Å². The molecular formula is C74H100O8P2. The molecule has 8 rings (SSSR count). The number of fused-ring (bicyclic) bond motifs is 2. The highest BCUT2D eigenvalue weighted by atomic mass is 31.1. The van der Waals surface area contributed by atoms with Crippen molar-refractivity contribution in [1.82, 2.24) is 0 Å². The average molecular weight is 1180 g/mol. The number of benzene rings is 6. The van der Waals surface area contributed by atoms with Crippen molar-refractivity contribution < 1.29 is 37.9 Å². The summed E-state index contributed by atoms with van der Waals surface area (Å²) < 4.78 is 54.2. The van der Waals surface area contributed by atoms with Gasteiger partial charge in [0.05, 0.1) is 28.4 Å². The van der Waals surface area contributed by atoms with Crippen LogP contribution in [-0.2, 0) is 43.3 Å². The molecule has 0 aromatic heterocycles. The second kappa shape index (κ2) is 22.4. The lowest BCUT2D eigenvalue weighted by Crippen LogP contribution is -2.32. The Kier molecular flexibility index (Phi) is 17.2. The van der Waals surface area contributed by atoms with E-state index < -0.39 is 21.9 Å². The van der Waals surface area contributed by atoms with Gasteiger partial charge in [0.25, 0.3) is 6.03 Å². The fourth-order valence-electron chi connectivity index (χ4n) is 11.8. The lowest BCUT2D eigenvalue weighted by atomic mass is 9.79. The first-order chi connectivity index (χ1) is 38.6. The van der Waals surface area contributed by atoms with Crippen LogP contribution in [0.25, 0.3) is 11.1 Å². The largest absolute Gasteiger partial charge is 0.496 e. The first kappa shape index (κ1) is 64.6. The molecular weight excluding hydrogens is 1080 g/mol. The van der Waals surface area contributed by atoms with Gasteiger partial charge in [-0.2, -0.15) is 0 Å². The van der Waals surface area contributed by atoms with Gasteiger partial charge >= 0.3 is 0 Å². The Morgan fingerprint density at radius 2 is 0.679 bits per heavy atom. The molecule has 10 heteroatoms. The molecule has 2 aliphatic rings. The summed E-state index contributed by atoms with van der Waals surface area (Å²) in [5.74, 6) is 6.38. The van der Waals surface area contributed by atoms with Crippen molar-refractivity contribution in [2.24, 2.45) is 0 Å². The van der Waals surface area contributed by atoms with Crippen LogP contribution in [0.4, 0.5) is 0 Å². The van der Waals surface area contributed by atoms with Crippen molar-refractivity contribution >= 4 is 42.4 Å². The maximum absolute atomic E-state index is 7.90. The van der Waals surface area contributed by atoms with Crippen molar-refractivity contribution in [2.45, 2.75) is 216 Å². The van der Waals surface area contributed by atoms with Gasteiger partial charge in [-0.05, 0) is 144 Å². The topological polar surface area (TPSA) is 73.8 Å². The third-order valence-electron chi connectivity index (χ3n) is 16.3. The van der Waals surface area contributed by atoms with E-state index >= 15 is 0 Å². The van der Waals surface area contributed by atoms with E-state index in [9.17, 15) is 0 Å². The van der Waals surface area contributed by atoms with Crippen LogP contribution in [0.15, 0.2) is 78.9 Å². The Labute approximate surface area is 508 Å². The van der Waals surface area contributed by atoms with Crippen molar-refractivity contribution in [1.29, 1.82) is 0 Å². The fraction of sp³-hybridized carbons (Fsp3) is 0.514. The number of hydrogen-bond acceptors (Lipinski definition) is 8. The van der Waals surface area contributed by atoms with E-state index in [0.29, 0.717) is 23.0 Å². The van der Waals surface area contributed by atoms with Gasteiger partial charge in [-0.1, -0.05) is 178 Å². The Bertz CT molecular complexity index is 3150. The zero-order valence-electron chi connectivity index (χ0n) is 56.5. The number of methoxy groups -OCH3 is 4. The van der Waals surface area contributed by atoms with Crippen LogP contribution >= 0.6 is 15.8 Å². The van der Waals surface area contributed by atoms with Crippen molar-refractivity contribution in [2.75, 3.05) is 35.2 Å². The summed E-state index contributed by atoms with van der Waals surface area (Å²) >= 11 is 0. The predicted molar refractivity (Wildman–Crippen MR) is 357 cm³/mol. The molecule has 0 fully saturated rings. The van der Waals surface area contributed by atoms with E-state index in [-0.39, 0.29) is 50.1 Å². The molecule has 0 radical (unpaired) electrons. The van der Waals surface area contributed by atoms with E-state index in [1.807, 2.05) is 20.3 Å². The lowest BCUT2D eigenvalue weighted by Gasteiger charge is -2.34. The van der Waals surface area contributed by atoms with E-state index in [2.05, 4.69) is 239 Å². The minimum absolute atomic E-state index is 0.106. The summed E-state index contributed by atoms with van der Waals surface area (Å²) in [6.07, 6.45) is 0. The van der Waals surface area contributed by atoms with E-state index in [4.69, 9.17) is 37.9 Å². The summed E-state index contributed by atoms with van der Waals surface area (Å²) in [4.78, 5) is 0. The predicted octanol–water partition coefficient (Wildman–Crippen LogP) is 17.4. The molecule has 0 N–H and O–H groups in total. The summed E-state index contributed by atoms with van der Waals surface area (Å²) in [6, 6.07) is 29.1. The number of ether oxygens (including phenoxy) is 8.